The summed E-state index contributed by atoms with van der Waals surface area (Å²) in [5.41, 5.74) is 1.84. The molecule has 3 rings (SSSR count). The minimum atomic E-state index is -3.97. The van der Waals surface area contributed by atoms with Gasteiger partial charge in [-0.1, -0.05) is 19.1 Å². The Balaban J connectivity index is 1.98. The maximum absolute atomic E-state index is 13.0. The number of benzene rings is 2. The highest BCUT2D eigenvalue weighted by Crippen LogP contribution is 2.32. The first-order chi connectivity index (χ1) is 13.3. The summed E-state index contributed by atoms with van der Waals surface area (Å²) in [7, 11) is -6.04. The lowest BCUT2D eigenvalue weighted by molar-refractivity contribution is 0.403. The van der Waals surface area contributed by atoms with Gasteiger partial charge < -0.3 is 4.74 Å². The van der Waals surface area contributed by atoms with Gasteiger partial charge in [0.05, 0.1) is 18.6 Å². The molecule has 0 unspecified atom stereocenters. The SMILES string of the molecule is CCc1ccc(NS(=O)(=O)c2cc(N3CCCCS3(=O)=O)ccc2OC)cc1. The van der Waals surface area contributed by atoms with Crippen molar-refractivity contribution in [1.82, 2.24) is 0 Å². The predicted molar refractivity (Wildman–Crippen MR) is 110 cm³/mol. The van der Waals surface area contributed by atoms with Crippen molar-refractivity contribution in [3.05, 3.63) is 48.0 Å². The van der Waals surface area contributed by atoms with E-state index in [1.807, 2.05) is 19.1 Å². The molecule has 1 heterocycles. The van der Waals surface area contributed by atoms with E-state index in [4.69, 9.17) is 4.74 Å². The van der Waals surface area contributed by atoms with Gasteiger partial charge in [-0.05, 0) is 55.2 Å². The first-order valence-corrected chi connectivity index (χ1v) is 12.2. The summed E-state index contributed by atoms with van der Waals surface area (Å²) in [5, 5.41) is 0. The zero-order chi connectivity index (χ0) is 20.4. The summed E-state index contributed by atoms with van der Waals surface area (Å²) in [5.74, 6) is 0.208. The zero-order valence-corrected chi connectivity index (χ0v) is 17.5. The van der Waals surface area contributed by atoms with Crippen molar-refractivity contribution in [1.29, 1.82) is 0 Å². The molecule has 7 nitrogen and oxygen atoms in total. The van der Waals surface area contributed by atoms with Crippen LogP contribution in [-0.2, 0) is 26.5 Å². The maximum atomic E-state index is 13.0. The molecule has 1 fully saturated rings. The van der Waals surface area contributed by atoms with Crippen molar-refractivity contribution in [3.63, 3.8) is 0 Å². The molecule has 0 amide bonds. The number of rotatable bonds is 6. The minimum absolute atomic E-state index is 0.0587. The van der Waals surface area contributed by atoms with Gasteiger partial charge in [0, 0.05) is 12.2 Å². The van der Waals surface area contributed by atoms with Crippen molar-refractivity contribution in [3.8, 4) is 5.75 Å². The van der Waals surface area contributed by atoms with Crippen LogP contribution in [-0.4, -0.2) is 36.2 Å². The molecular weight excluding hydrogens is 400 g/mol. The fraction of sp³-hybridized carbons (Fsp3) is 0.368. The van der Waals surface area contributed by atoms with Crippen LogP contribution in [0, 0.1) is 0 Å². The monoisotopic (exact) mass is 424 g/mol. The molecule has 2 aromatic carbocycles. The maximum Gasteiger partial charge on any atom is 0.265 e. The number of hydrogen-bond donors (Lipinski definition) is 1. The first-order valence-electron chi connectivity index (χ1n) is 9.07. The van der Waals surface area contributed by atoms with Gasteiger partial charge >= 0.3 is 0 Å². The molecule has 0 radical (unpaired) electrons. The van der Waals surface area contributed by atoms with E-state index in [0.717, 1.165) is 18.4 Å². The molecule has 1 aliphatic heterocycles. The van der Waals surface area contributed by atoms with Crippen molar-refractivity contribution in [2.24, 2.45) is 0 Å². The summed E-state index contributed by atoms with van der Waals surface area (Å²) < 4.78 is 59.7. The van der Waals surface area contributed by atoms with Gasteiger partial charge in [0.15, 0.2) is 0 Å². The smallest absolute Gasteiger partial charge is 0.265 e. The molecule has 0 saturated carbocycles. The molecule has 0 aliphatic carbocycles. The Hall–Kier alpha value is -2.26. The van der Waals surface area contributed by atoms with Gasteiger partial charge in [-0.3, -0.25) is 9.03 Å². The van der Waals surface area contributed by atoms with Crippen LogP contribution in [0.1, 0.15) is 25.3 Å². The third-order valence-corrected chi connectivity index (χ3v) is 7.96. The highest BCUT2D eigenvalue weighted by atomic mass is 32.2. The van der Waals surface area contributed by atoms with Crippen LogP contribution >= 0.6 is 0 Å². The number of ether oxygens (including phenoxy) is 1. The zero-order valence-electron chi connectivity index (χ0n) is 15.9. The molecule has 0 aromatic heterocycles. The van der Waals surface area contributed by atoms with Crippen LogP contribution in [0.4, 0.5) is 11.4 Å². The van der Waals surface area contributed by atoms with Gasteiger partial charge in [-0.15, -0.1) is 0 Å². The molecule has 1 N–H and O–H groups in total. The Bertz CT molecular complexity index is 1050. The van der Waals surface area contributed by atoms with Gasteiger partial charge in [0.25, 0.3) is 10.0 Å². The summed E-state index contributed by atoms with van der Waals surface area (Å²) in [6.45, 7) is 2.35. The second-order valence-corrected chi connectivity index (χ2v) is 10.3. The Kier molecular flexibility index (Phi) is 5.85. The highest BCUT2D eigenvalue weighted by molar-refractivity contribution is 7.93. The van der Waals surface area contributed by atoms with E-state index in [-0.39, 0.29) is 16.4 Å². The van der Waals surface area contributed by atoms with E-state index in [9.17, 15) is 16.8 Å². The lowest BCUT2D eigenvalue weighted by Crippen LogP contribution is -2.37. The Morgan fingerprint density at radius 1 is 1.11 bits per heavy atom. The molecule has 0 bridgehead atoms. The molecule has 1 saturated heterocycles. The molecule has 0 atom stereocenters. The largest absolute Gasteiger partial charge is 0.495 e. The molecule has 1 aliphatic rings. The molecule has 9 heteroatoms. The fourth-order valence-corrected chi connectivity index (χ4v) is 6.01. The molecule has 2 aromatic rings. The normalized spacial score (nSPS) is 16.6. The average Bonchev–Trinajstić information content (AvgIpc) is 2.67. The highest BCUT2D eigenvalue weighted by Gasteiger charge is 2.28. The number of anilines is 2. The average molecular weight is 425 g/mol. The summed E-state index contributed by atoms with van der Waals surface area (Å²) in [4.78, 5) is -0.104. The number of nitrogens with zero attached hydrogens (tertiary/aromatic N) is 1. The van der Waals surface area contributed by atoms with Crippen LogP contribution in [0.15, 0.2) is 47.4 Å². The van der Waals surface area contributed by atoms with Crippen molar-refractivity contribution in [2.45, 2.75) is 31.1 Å². The lowest BCUT2D eigenvalue weighted by Gasteiger charge is -2.28. The molecule has 28 heavy (non-hydrogen) atoms. The van der Waals surface area contributed by atoms with Crippen LogP contribution in [0.25, 0.3) is 0 Å². The lowest BCUT2D eigenvalue weighted by atomic mass is 10.2. The minimum Gasteiger partial charge on any atom is -0.495 e. The first kappa shape index (κ1) is 20.5. The van der Waals surface area contributed by atoms with Crippen molar-refractivity contribution < 1.29 is 21.6 Å². The summed E-state index contributed by atoms with van der Waals surface area (Å²) >= 11 is 0. The summed E-state index contributed by atoms with van der Waals surface area (Å²) in [6.07, 6.45) is 2.19. The van der Waals surface area contributed by atoms with Crippen LogP contribution < -0.4 is 13.8 Å². The summed E-state index contributed by atoms with van der Waals surface area (Å²) in [6, 6.07) is 11.5. The number of hydrogen-bond acceptors (Lipinski definition) is 5. The number of aryl methyl sites for hydroxylation is 1. The van der Waals surface area contributed by atoms with Crippen LogP contribution in [0.5, 0.6) is 5.75 Å². The fourth-order valence-electron chi connectivity index (χ4n) is 3.13. The Morgan fingerprint density at radius 3 is 2.43 bits per heavy atom. The third kappa shape index (κ3) is 4.25. The van der Waals surface area contributed by atoms with Gasteiger partial charge in [0.2, 0.25) is 10.0 Å². The second kappa shape index (κ2) is 8.00. The Morgan fingerprint density at radius 2 is 1.82 bits per heavy atom. The van der Waals surface area contributed by atoms with E-state index in [0.29, 0.717) is 24.3 Å². The molecular formula is C19H24N2O5S2. The van der Waals surface area contributed by atoms with E-state index >= 15 is 0 Å². The predicted octanol–water partition coefficient (Wildman–Crippen LogP) is 2.99. The topological polar surface area (TPSA) is 92.8 Å². The molecule has 0 spiro atoms. The van der Waals surface area contributed by atoms with Crippen LogP contribution in [0.3, 0.4) is 0 Å². The number of methoxy groups -OCH3 is 1. The second-order valence-electron chi connectivity index (χ2n) is 6.59. The quantitative estimate of drug-likeness (QED) is 0.770. The van der Waals surface area contributed by atoms with Gasteiger partial charge in [-0.2, -0.15) is 0 Å². The van der Waals surface area contributed by atoms with E-state index in [1.165, 1.54) is 23.5 Å². The third-order valence-electron chi connectivity index (χ3n) is 4.69. The number of nitrogens with one attached hydrogen (secondary N) is 1. The van der Waals surface area contributed by atoms with Gasteiger partial charge in [0.1, 0.15) is 10.6 Å². The standard InChI is InChI=1S/C19H24N2O5S2/c1-3-15-6-8-16(9-7-15)20-28(24,25)19-14-17(10-11-18(19)26-2)21-12-4-5-13-27(21,22)23/h6-11,14,20H,3-5,12-13H2,1-2H3. The number of sulfonamides is 2. The Labute approximate surface area is 166 Å². The van der Waals surface area contributed by atoms with Crippen LogP contribution in [0.2, 0.25) is 0 Å². The van der Waals surface area contributed by atoms with Gasteiger partial charge in [-0.25, -0.2) is 16.8 Å². The van der Waals surface area contributed by atoms with E-state index in [1.54, 1.807) is 18.2 Å². The van der Waals surface area contributed by atoms with E-state index < -0.39 is 20.0 Å². The van der Waals surface area contributed by atoms with Crippen molar-refractivity contribution in [2.75, 3.05) is 28.4 Å². The molecule has 152 valence electrons. The van der Waals surface area contributed by atoms with E-state index in [2.05, 4.69) is 4.72 Å². The van der Waals surface area contributed by atoms with Crippen molar-refractivity contribution >= 4 is 31.4 Å².